The zero-order chi connectivity index (χ0) is 20.5. The van der Waals surface area contributed by atoms with Crippen molar-refractivity contribution in [3.63, 3.8) is 0 Å². The van der Waals surface area contributed by atoms with E-state index in [9.17, 15) is 4.79 Å². The molecule has 3 aromatic carbocycles. The minimum absolute atomic E-state index is 0.197. The highest BCUT2D eigenvalue weighted by Gasteiger charge is 2.12. The normalized spacial score (nSPS) is 11.8. The van der Waals surface area contributed by atoms with Gasteiger partial charge in [0.1, 0.15) is 11.5 Å². The van der Waals surface area contributed by atoms with E-state index in [1.165, 1.54) is 15.9 Å². The predicted molar refractivity (Wildman–Crippen MR) is 119 cm³/mol. The number of hydrogen-bond donors (Lipinski definition) is 0. The summed E-state index contributed by atoms with van der Waals surface area (Å²) >= 11 is 7.23. The van der Waals surface area contributed by atoms with Crippen LogP contribution in [-0.4, -0.2) is 14.6 Å². The first-order chi connectivity index (χ1) is 14.7. The lowest BCUT2D eigenvalue weighted by atomic mass is 10.2. The Morgan fingerprint density at radius 2 is 1.70 bits per heavy atom. The van der Waals surface area contributed by atoms with Crippen molar-refractivity contribution in [1.82, 2.24) is 14.6 Å². The molecule has 30 heavy (non-hydrogen) atoms. The largest absolute Gasteiger partial charge is 0.457 e. The van der Waals surface area contributed by atoms with Crippen LogP contribution in [0.15, 0.2) is 83.7 Å². The lowest BCUT2D eigenvalue weighted by molar-refractivity contribution is 0.482. The second-order valence-corrected chi connectivity index (χ2v) is 7.99. The first-order valence-corrected chi connectivity index (χ1v) is 10.4. The lowest BCUT2D eigenvalue weighted by Crippen LogP contribution is -2.23. The number of aromatic nitrogens is 3. The molecule has 0 unspecified atom stereocenters. The standard InChI is InChI=1S/C23H14ClN3O2S/c24-17-11-9-16(10-12-17)21-25-23-27(26-21)22(28)20(30-23)14-15-5-4-8-19(13-15)29-18-6-2-1-3-7-18/h1-14H/b20-14-. The highest BCUT2D eigenvalue weighted by Crippen LogP contribution is 2.22. The Morgan fingerprint density at radius 3 is 2.47 bits per heavy atom. The summed E-state index contributed by atoms with van der Waals surface area (Å²) in [6.45, 7) is 0. The molecule has 0 saturated carbocycles. The third-order valence-corrected chi connectivity index (χ3v) is 5.63. The van der Waals surface area contributed by atoms with Crippen LogP contribution in [0.5, 0.6) is 11.5 Å². The molecular formula is C23H14ClN3O2S. The van der Waals surface area contributed by atoms with Crippen molar-refractivity contribution in [3.8, 4) is 22.9 Å². The Morgan fingerprint density at radius 1 is 0.933 bits per heavy atom. The monoisotopic (exact) mass is 431 g/mol. The second kappa shape index (κ2) is 7.74. The van der Waals surface area contributed by atoms with Crippen LogP contribution in [0.1, 0.15) is 5.56 Å². The molecule has 0 spiro atoms. The minimum atomic E-state index is -0.197. The summed E-state index contributed by atoms with van der Waals surface area (Å²) in [5.74, 6) is 1.96. The number of halogens is 1. The number of nitrogens with zero attached hydrogens (tertiary/aromatic N) is 3. The molecule has 0 atom stereocenters. The van der Waals surface area contributed by atoms with Gasteiger partial charge in [-0.15, -0.1) is 5.10 Å². The Hall–Kier alpha value is -3.48. The number of rotatable bonds is 4. The van der Waals surface area contributed by atoms with E-state index in [-0.39, 0.29) is 5.56 Å². The summed E-state index contributed by atoms with van der Waals surface area (Å²) in [4.78, 5) is 17.8. The van der Waals surface area contributed by atoms with E-state index in [1.54, 1.807) is 12.1 Å². The van der Waals surface area contributed by atoms with E-state index in [1.807, 2.05) is 72.8 Å². The number of benzene rings is 3. The molecule has 0 radical (unpaired) electrons. The summed E-state index contributed by atoms with van der Waals surface area (Å²) in [5.41, 5.74) is 1.48. The van der Waals surface area contributed by atoms with Crippen molar-refractivity contribution >= 4 is 34.0 Å². The quantitative estimate of drug-likeness (QED) is 0.409. The molecule has 7 heteroatoms. The van der Waals surface area contributed by atoms with Crippen LogP contribution in [0.4, 0.5) is 0 Å². The molecule has 0 aliphatic rings. The average molecular weight is 432 g/mol. The van der Waals surface area contributed by atoms with Gasteiger partial charge >= 0.3 is 0 Å². The fourth-order valence-corrected chi connectivity index (χ4v) is 4.03. The molecule has 0 aliphatic heterocycles. The Bertz CT molecular complexity index is 1440. The predicted octanol–water partition coefficient (Wildman–Crippen LogP) is 4.81. The Kier molecular flexibility index (Phi) is 4.78. The van der Waals surface area contributed by atoms with Gasteiger partial charge in [0.25, 0.3) is 5.56 Å². The van der Waals surface area contributed by atoms with Crippen molar-refractivity contribution in [2.45, 2.75) is 0 Å². The minimum Gasteiger partial charge on any atom is -0.457 e. The van der Waals surface area contributed by atoms with Gasteiger partial charge in [0, 0.05) is 10.6 Å². The van der Waals surface area contributed by atoms with Crippen LogP contribution in [0.2, 0.25) is 5.02 Å². The summed E-state index contributed by atoms with van der Waals surface area (Å²) in [6.07, 6.45) is 1.82. The number of thiazole rings is 1. The van der Waals surface area contributed by atoms with Gasteiger partial charge in [-0.25, -0.2) is 0 Å². The number of hydrogen-bond acceptors (Lipinski definition) is 5. The molecule has 5 nitrogen and oxygen atoms in total. The van der Waals surface area contributed by atoms with Crippen molar-refractivity contribution in [2.24, 2.45) is 0 Å². The van der Waals surface area contributed by atoms with Gasteiger partial charge in [0.2, 0.25) is 4.96 Å². The van der Waals surface area contributed by atoms with E-state index in [0.29, 0.717) is 26.1 Å². The highest BCUT2D eigenvalue weighted by atomic mass is 35.5. The topological polar surface area (TPSA) is 56.5 Å². The van der Waals surface area contributed by atoms with E-state index in [4.69, 9.17) is 16.3 Å². The molecule has 146 valence electrons. The third-order valence-electron chi connectivity index (χ3n) is 4.42. The van der Waals surface area contributed by atoms with E-state index in [0.717, 1.165) is 16.9 Å². The van der Waals surface area contributed by atoms with Crippen LogP contribution in [-0.2, 0) is 0 Å². The van der Waals surface area contributed by atoms with Crippen molar-refractivity contribution in [3.05, 3.63) is 104 Å². The van der Waals surface area contributed by atoms with Gasteiger partial charge in [-0.3, -0.25) is 4.79 Å². The Labute approximate surface area is 180 Å². The van der Waals surface area contributed by atoms with Gasteiger partial charge < -0.3 is 4.74 Å². The fraction of sp³-hybridized carbons (Fsp3) is 0. The molecule has 0 aliphatic carbocycles. The van der Waals surface area contributed by atoms with Gasteiger partial charge in [-0.05, 0) is 60.2 Å². The van der Waals surface area contributed by atoms with E-state index >= 15 is 0 Å². The highest BCUT2D eigenvalue weighted by molar-refractivity contribution is 7.15. The van der Waals surface area contributed by atoms with Gasteiger partial charge in [-0.1, -0.05) is 53.3 Å². The molecule has 0 fully saturated rings. The molecule has 0 saturated heterocycles. The van der Waals surface area contributed by atoms with Gasteiger partial charge in [0.05, 0.1) is 4.53 Å². The van der Waals surface area contributed by atoms with Crippen LogP contribution < -0.4 is 14.8 Å². The average Bonchev–Trinajstić information content (AvgIpc) is 3.29. The maximum Gasteiger partial charge on any atom is 0.291 e. The summed E-state index contributed by atoms with van der Waals surface area (Å²) in [7, 11) is 0. The van der Waals surface area contributed by atoms with Crippen LogP contribution in [0.3, 0.4) is 0 Å². The molecule has 2 aromatic heterocycles. The third kappa shape index (κ3) is 3.70. The van der Waals surface area contributed by atoms with Crippen LogP contribution in [0.25, 0.3) is 22.4 Å². The lowest BCUT2D eigenvalue weighted by Gasteiger charge is -2.05. The summed E-state index contributed by atoms with van der Waals surface area (Å²) < 4.78 is 7.77. The summed E-state index contributed by atoms with van der Waals surface area (Å²) in [5, 5.41) is 5.00. The maximum absolute atomic E-state index is 12.8. The van der Waals surface area contributed by atoms with Crippen molar-refractivity contribution in [1.29, 1.82) is 0 Å². The SMILES string of the molecule is O=c1/c(=C/c2cccc(Oc3ccccc3)c2)sc2nc(-c3ccc(Cl)cc3)nn12. The van der Waals surface area contributed by atoms with Crippen LogP contribution in [0, 0.1) is 0 Å². The van der Waals surface area contributed by atoms with E-state index < -0.39 is 0 Å². The first-order valence-electron chi connectivity index (χ1n) is 9.16. The first kappa shape index (κ1) is 18.5. The zero-order valence-electron chi connectivity index (χ0n) is 15.5. The number of ether oxygens (including phenoxy) is 1. The van der Waals surface area contributed by atoms with Crippen molar-refractivity contribution < 1.29 is 4.74 Å². The zero-order valence-corrected chi connectivity index (χ0v) is 17.1. The van der Waals surface area contributed by atoms with E-state index in [2.05, 4.69) is 10.1 Å². The molecule has 0 N–H and O–H groups in total. The molecular weight excluding hydrogens is 418 g/mol. The molecule has 5 aromatic rings. The maximum atomic E-state index is 12.8. The van der Waals surface area contributed by atoms with Gasteiger partial charge in [-0.2, -0.15) is 9.50 Å². The smallest absolute Gasteiger partial charge is 0.291 e. The summed E-state index contributed by atoms with van der Waals surface area (Å²) in [6, 6.07) is 24.4. The number of fused-ring (bicyclic) bond motifs is 1. The number of para-hydroxylation sites is 1. The van der Waals surface area contributed by atoms with Gasteiger partial charge in [0.15, 0.2) is 5.82 Å². The molecule has 0 bridgehead atoms. The fourth-order valence-electron chi connectivity index (χ4n) is 3.00. The second-order valence-electron chi connectivity index (χ2n) is 6.54. The molecule has 2 heterocycles. The molecule has 5 rings (SSSR count). The van der Waals surface area contributed by atoms with Crippen molar-refractivity contribution in [2.75, 3.05) is 0 Å². The Balaban J connectivity index is 1.48. The molecule has 0 amide bonds. The van der Waals surface area contributed by atoms with Crippen LogP contribution >= 0.6 is 22.9 Å².